The lowest BCUT2D eigenvalue weighted by molar-refractivity contribution is 0.588. The predicted octanol–water partition coefficient (Wildman–Crippen LogP) is 14.4. The van der Waals surface area contributed by atoms with Crippen molar-refractivity contribution in [1.29, 1.82) is 0 Å². The summed E-state index contributed by atoms with van der Waals surface area (Å²) >= 11 is 1.51. The van der Waals surface area contributed by atoms with E-state index in [0.29, 0.717) is 17.4 Å². The number of likely N-dealkylation sites (N-methyl/N-ethyl adjacent to an activating group) is 1. The van der Waals surface area contributed by atoms with Crippen LogP contribution in [-0.2, 0) is 0 Å². The Morgan fingerprint density at radius 1 is 0.621 bits per heavy atom. The van der Waals surface area contributed by atoms with Gasteiger partial charge in [-0.15, -0.1) is 0 Å². The van der Waals surface area contributed by atoms with Crippen molar-refractivity contribution in [2.45, 2.75) is 74.1 Å². The van der Waals surface area contributed by atoms with Gasteiger partial charge in [-0.1, -0.05) is 84.1 Å². The van der Waals surface area contributed by atoms with Gasteiger partial charge in [-0.2, -0.15) is 0 Å². The van der Waals surface area contributed by atoms with Gasteiger partial charge in [-0.05, 0) is 150 Å². The second-order valence-corrected chi connectivity index (χ2v) is 16.2. The molecule has 0 fully saturated rings. The Balaban J connectivity index is 1.42. The number of benzene rings is 5. The van der Waals surface area contributed by atoms with E-state index in [1.807, 2.05) is 12.1 Å². The van der Waals surface area contributed by atoms with Crippen LogP contribution in [-0.4, -0.2) is 24.6 Å². The van der Waals surface area contributed by atoms with E-state index in [2.05, 4.69) is 155 Å². The van der Waals surface area contributed by atoms with E-state index >= 15 is 8.78 Å². The Kier molecular flexibility index (Phi) is 12.3. The molecule has 0 N–H and O–H groups in total. The molecule has 5 aromatic carbocycles. The van der Waals surface area contributed by atoms with Crippen LogP contribution in [0.3, 0.4) is 0 Å². The Morgan fingerprint density at radius 2 is 1.16 bits per heavy atom. The fraction of sp³-hybridized carbons (Fsp3) is 0.275. The normalized spacial score (nSPS) is 13.4. The second-order valence-electron chi connectivity index (χ2n) is 15.2. The van der Waals surface area contributed by atoms with Crippen LogP contribution in [0.4, 0.5) is 36.7 Å². The highest BCUT2D eigenvalue weighted by molar-refractivity contribution is 7.16. The molecule has 0 spiro atoms. The predicted molar refractivity (Wildman–Crippen MR) is 242 cm³/mol. The van der Waals surface area contributed by atoms with E-state index in [1.165, 1.54) is 63.2 Å². The molecule has 0 bridgehead atoms. The standard InChI is InChI=1S/C51H54F2N4S/c1-9-55(48-34(5)18-14-19-35(48)6)40-29-25-38(26-30-40)45(39-27-31-41(32-28-39)56(10-2)49-36(7)20-15-21-37(49)8)50-47(46-42(52)22-16-23-43(46)53)54-51(58-50)57(11-3)44-24-13-12-17-33(44)4/h12-14,16-20,22-32,45H,9-11,15,21H2,1-8H3. The first-order chi connectivity index (χ1) is 28.1. The van der Waals surface area contributed by atoms with Gasteiger partial charge in [-0.3, -0.25) is 0 Å². The SMILES string of the molecule is CCN(C1=C(C)CCC=C1C)c1ccc(C(c2ccc(N(CC)c3c(C)cccc3C)cc2)c2sc(N(CC)c3ccccc3C)nc2-c2c(F)cccc2F)cc1. The number of allylic oxidation sites excluding steroid dienone is 3. The van der Waals surface area contributed by atoms with Crippen molar-refractivity contribution in [2.24, 2.45) is 0 Å². The van der Waals surface area contributed by atoms with Gasteiger partial charge in [0.1, 0.15) is 11.6 Å². The van der Waals surface area contributed by atoms with Crippen molar-refractivity contribution in [2.75, 3.05) is 34.3 Å². The number of anilines is 5. The highest BCUT2D eigenvalue weighted by atomic mass is 32.1. The van der Waals surface area contributed by atoms with E-state index in [0.717, 1.165) is 64.6 Å². The third-order valence-corrected chi connectivity index (χ3v) is 12.6. The van der Waals surface area contributed by atoms with Crippen molar-refractivity contribution in [3.05, 3.63) is 176 Å². The van der Waals surface area contributed by atoms with Crippen LogP contribution < -0.4 is 14.7 Å². The minimum Gasteiger partial charge on any atom is -0.342 e. The fourth-order valence-corrected chi connectivity index (χ4v) is 9.97. The minimum absolute atomic E-state index is 0.106. The molecule has 4 nitrogen and oxygen atoms in total. The molecule has 0 amide bonds. The van der Waals surface area contributed by atoms with E-state index in [1.54, 1.807) is 0 Å². The molecule has 0 saturated heterocycles. The zero-order valence-electron chi connectivity index (χ0n) is 35.0. The van der Waals surface area contributed by atoms with Crippen molar-refractivity contribution in [3.63, 3.8) is 0 Å². The maximum atomic E-state index is 16.0. The summed E-state index contributed by atoms with van der Waals surface area (Å²) in [6, 6.07) is 36.1. The molecular formula is C51H54F2N4S. The van der Waals surface area contributed by atoms with Gasteiger partial charge in [-0.25, -0.2) is 13.8 Å². The minimum atomic E-state index is -0.633. The van der Waals surface area contributed by atoms with Crippen molar-refractivity contribution < 1.29 is 8.78 Å². The smallest absolute Gasteiger partial charge is 0.190 e. The van der Waals surface area contributed by atoms with Crippen molar-refractivity contribution >= 4 is 39.2 Å². The first-order valence-corrected chi connectivity index (χ1v) is 21.3. The number of aromatic nitrogens is 1. The van der Waals surface area contributed by atoms with Crippen LogP contribution in [0.15, 0.2) is 132 Å². The zero-order valence-corrected chi connectivity index (χ0v) is 35.9. The Labute approximate surface area is 347 Å². The molecule has 1 aliphatic rings. The molecule has 1 aromatic heterocycles. The van der Waals surface area contributed by atoms with E-state index in [-0.39, 0.29) is 11.5 Å². The summed E-state index contributed by atoms with van der Waals surface area (Å²) in [6.07, 6.45) is 4.46. The van der Waals surface area contributed by atoms with Crippen LogP contribution in [0.25, 0.3) is 11.3 Å². The highest BCUT2D eigenvalue weighted by Gasteiger charge is 2.30. The number of hydrogen-bond acceptors (Lipinski definition) is 5. The van der Waals surface area contributed by atoms with Gasteiger partial charge in [0.25, 0.3) is 0 Å². The molecule has 298 valence electrons. The monoisotopic (exact) mass is 792 g/mol. The molecule has 1 heterocycles. The topological polar surface area (TPSA) is 22.6 Å². The van der Waals surface area contributed by atoms with Crippen molar-refractivity contribution in [1.82, 2.24) is 4.98 Å². The van der Waals surface area contributed by atoms with Gasteiger partial charge in [0.2, 0.25) is 0 Å². The molecule has 0 aliphatic heterocycles. The summed E-state index contributed by atoms with van der Waals surface area (Å²) in [5.41, 5.74) is 14.2. The number of rotatable bonds is 13. The summed E-state index contributed by atoms with van der Waals surface area (Å²) in [4.78, 5) is 12.8. The lowest BCUT2D eigenvalue weighted by Crippen LogP contribution is -2.25. The molecule has 0 saturated carbocycles. The number of para-hydroxylation sites is 2. The third kappa shape index (κ3) is 7.85. The summed E-state index contributed by atoms with van der Waals surface area (Å²) < 4.78 is 32.0. The quantitative estimate of drug-likeness (QED) is 0.116. The maximum absolute atomic E-state index is 16.0. The maximum Gasteiger partial charge on any atom is 0.190 e. The number of aryl methyl sites for hydroxylation is 3. The van der Waals surface area contributed by atoms with Crippen LogP contribution in [0, 0.1) is 32.4 Å². The van der Waals surface area contributed by atoms with Crippen molar-refractivity contribution in [3.8, 4) is 11.3 Å². The lowest BCUT2D eigenvalue weighted by atomic mass is 9.87. The van der Waals surface area contributed by atoms with Crippen LogP contribution in [0.5, 0.6) is 0 Å². The lowest BCUT2D eigenvalue weighted by Gasteiger charge is -2.31. The second kappa shape index (κ2) is 17.5. The van der Waals surface area contributed by atoms with Gasteiger partial charge in [0.05, 0.1) is 11.3 Å². The first kappa shape index (κ1) is 40.7. The van der Waals surface area contributed by atoms with E-state index in [4.69, 9.17) is 4.98 Å². The Bertz CT molecular complexity index is 2420. The number of nitrogens with zero attached hydrogens (tertiary/aromatic N) is 4. The van der Waals surface area contributed by atoms with E-state index < -0.39 is 11.6 Å². The molecule has 1 atom stereocenters. The molecule has 0 radical (unpaired) electrons. The Morgan fingerprint density at radius 3 is 1.71 bits per heavy atom. The van der Waals surface area contributed by atoms with Gasteiger partial charge < -0.3 is 14.7 Å². The van der Waals surface area contributed by atoms with Crippen LogP contribution >= 0.6 is 11.3 Å². The molecule has 7 heteroatoms. The summed E-state index contributed by atoms with van der Waals surface area (Å²) in [5, 5.41) is 0.689. The number of hydrogen-bond donors (Lipinski definition) is 0. The molecular weight excluding hydrogens is 739 g/mol. The summed E-state index contributed by atoms with van der Waals surface area (Å²) in [5.74, 6) is -1.64. The fourth-order valence-electron chi connectivity index (χ4n) is 8.67. The van der Waals surface area contributed by atoms with Crippen LogP contribution in [0.1, 0.15) is 86.1 Å². The molecule has 1 aliphatic carbocycles. The number of halogens is 2. The van der Waals surface area contributed by atoms with Gasteiger partial charge in [0.15, 0.2) is 5.13 Å². The van der Waals surface area contributed by atoms with Gasteiger partial charge in [0, 0.05) is 58.9 Å². The molecule has 7 rings (SSSR count). The average Bonchev–Trinajstić information content (AvgIpc) is 3.63. The zero-order chi connectivity index (χ0) is 41.1. The summed E-state index contributed by atoms with van der Waals surface area (Å²) in [6.45, 7) is 19.6. The van der Waals surface area contributed by atoms with E-state index in [9.17, 15) is 0 Å². The molecule has 6 aromatic rings. The number of thiazole rings is 1. The largest absolute Gasteiger partial charge is 0.342 e. The van der Waals surface area contributed by atoms with Gasteiger partial charge >= 0.3 is 0 Å². The molecule has 58 heavy (non-hydrogen) atoms. The summed E-state index contributed by atoms with van der Waals surface area (Å²) in [7, 11) is 0. The molecule has 1 unspecified atom stereocenters. The average molecular weight is 793 g/mol. The highest BCUT2D eigenvalue weighted by Crippen LogP contribution is 2.47. The van der Waals surface area contributed by atoms with Crippen LogP contribution in [0.2, 0.25) is 0 Å². The first-order valence-electron chi connectivity index (χ1n) is 20.5. The third-order valence-electron chi connectivity index (χ3n) is 11.5. The Hall–Kier alpha value is -5.53.